The van der Waals surface area contributed by atoms with Crippen molar-refractivity contribution in [3.63, 3.8) is 0 Å². The summed E-state index contributed by atoms with van der Waals surface area (Å²) in [5, 5.41) is 5.98. The van der Waals surface area contributed by atoms with Crippen LogP contribution in [0.5, 0.6) is 11.5 Å². The molecule has 168 valence electrons. The lowest BCUT2D eigenvalue weighted by molar-refractivity contribution is -0.144. The number of methoxy groups -OCH3 is 2. The summed E-state index contributed by atoms with van der Waals surface area (Å²) in [6, 6.07) is 11.9. The summed E-state index contributed by atoms with van der Waals surface area (Å²) in [5.41, 5.74) is 1.05. The smallest absolute Gasteiger partial charge is 0.306 e. The number of carbonyl (C=O) groups is 3. The van der Waals surface area contributed by atoms with Gasteiger partial charge >= 0.3 is 5.97 Å². The number of carbonyl (C=O) groups excluding carboxylic acids is 3. The Labute approximate surface area is 184 Å². The minimum atomic E-state index is -0.578. The molecule has 2 aromatic carbocycles. The van der Waals surface area contributed by atoms with Gasteiger partial charge in [0.25, 0.3) is 5.91 Å². The molecule has 0 atom stereocenters. The molecular formula is C23H24N2O7. The van der Waals surface area contributed by atoms with Crippen LogP contribution in [0.3, 0.4) is 0 Å². The molecule has 0 spiro atoms. The van der Waals surface area contributed by atoms with Crippen LogP contribution in [0.25, 0.3) is 11.0 Å². The van der Waals surface area contributed by atoms with E-state index in [1.807, 2.05) is 0 Å². The van der Waals surface area contributed by atoms with Crippen molar-refractivity contribution in [1.29, 1.82) is 0 Å². The van der Waals surface area contributed by atoms with Crippen molar-refractivity contribution < 1.29 is 33.0 Å². The van der Waals surface area contributed by atoms with Crippen LogP contribution in [-0.2, 0) is 14.3 Å². The van der Waals surface area contributed by atoms with Crippen molar-refractivity contribution >= 4 is 40.1 Å². The third-order valence-corrected chi connectivity index (χ3v) is 4.58. The number of hydrogen-bond acceptors (Lipinski definition) is 7. The van der Waals surface area contributed by atoms with Gasteiger partial charge < -0.3 is 29.3 Å². The summed E-state index contributed by atoms with van der Waals surface area (Å²) in [5.74, 6) is -0.601. The number of ether oxygens (including phenoxy) is 3. The Kier molecular flexibility index (Phi) is 7.33. The van der Waals surface area contributed by atoms with E-state index in [-0.39, 0.29) is 30.9 Å². The Morgan fingerprint density at radius 3 is 2.47 bits per heavy atom. The zero-order valence-corrected chi connectivity index (χ0v) is 18.0. The van der Waals surface area contributed by atoms with E-state index in [1.165, 1.54) is 14.2 Å². The second-order valence-electron chi connectivity index (χ2n) is 6.68. The van der Waals surface area contributed by atoms with E-state index >= 15 is 0 Å². The summed E-state index contributed by atoms with van der Waals surface area (Å²) in [7, 11) is 3.00. The molecule has 0 saturated heterocycles. The monoisotopic (exact) mass is 440 g/mol. The van der Waals surface area contributed by atoms with E-state index in [2.05, 4.69) is 10.6 Å². The zero-order valence-electron chi connectivity index (χ0n) is 18.0. The van der Waals surface area contributed by atoms with Crippen LogP contribution in [0.2, 0.25) is 0 Å². The molecule has 9 heteroatoms. The Morgan fingerprint density at radius 2 is 1.75 bits per heavy atom. The number of esters is 1. The van der Waals surface area contributed by atoms with Crippen molar-refractivity contribution in [3.8, 4) is 11.5 Å². The van der Waals surface area contributed by atoms with Gasteiger partial charge in [0.2, 0.25) is 11.7 Å². The zero-order chi connectivity index (χ0) is 23.1. The number of nitrogens with one attached hydrogen (secondary N) is 2. The highest BCUT2D eigenvalue weighted by molar-refractivity contribution is 6.15. The van der Waals surface area contributed by atoms with Crippen LogP contribution in [0.15, 0.2) is 46.9 Å². The van der Waals surface area contributed by atoms with Gasteiger partial charge in [0.15, 0.2) is 0 Å². The lowest BCUT2D eigenvalue weighted by atomic mass is 10.2. The molecule has 1 heterocycles. The minimum absolute atomic E-state index is 0.0694. The maximum Gasteiger partial charge on any atom is 0.306 e. The average molecular weight is 440 g/mol. The van der Waals surface area contributed by atoms with Gasteiger partial charge in [0.1, 0.15) is 22.8 Å². The number of anilines is 2. The second kappa shape index (κ2) is 10.3. The Morgan fingerprint density at radius 1 is 0.969 bits per heavy atom. The maximum atomic E-state index is 13.0. The molecule has 1 aromatic heterocycles. The SMILES string of the molecule is CCOC(=O)CCC(=O)Nc1c(C(=O)Nc2ccc(OC)cc2OC)oc2ccccc12. The first-order valence-corrected chi connectivity index (χ1v) is 9.97. The van der Waals surface area contributed by atoms with E-state index < -0.39 is 17.8 Å². The van der Waals surface area contributed by atoms with Gasteiger partial charge in [-0.05, 0) is 31.2 Å². The molecule has 9 nitrogen and oxygen atoms in total. The van der Waals surface area contributed by atoms with Gasteiger partial charge in [-0.25, -0.2) is 0 Å². The van der Waals surface area contributed by atoms with Crippen LogP contribution in [-0.4, -0.2) is 38.6 Å². The van der Waals surface area contributed by atoms with E-state index in [4.69, 9.17) is 18.6 Å². The van der Waals surface area contributed by atoms with Crippen LogP contribution in [0.4, 0.5) is 11.4 Å². The molecule has 32 heavy (non-hydrogen) atoms. The summed E-state index contributed by atoms with van der Waals surface area (Å²) >= 11 is 0. The van der Waals surface area contributed by atoms with Gasteiger partial charge in [0.05, 0.1) is 32.9 Å². The van der Waals surface area contributed by atoms with Crippen LogP contribution in [0, 0.1) is 0 Å². The summed E-state index contributed by atoms with van der Waals surface area (Å²) < 4.78 is 21.1. The van der Waals surface area contributed by atoms with E-state index in [0.717, 1.165) is 0 Å². The van der Waals surface area contributed by atoms with Gasteiger partial charge in [-0.3, -0.25) is 14.4 Å². The first-order valence-electron chi connectivity index (χ1n) is 9.97. The molecule has 0 radical (unpaired) electrons. The van der Waals surface area contributed by atoms with Crippen molar-refractivity contribution in [2.75, 3.05) is 31.5 Å². The summed E-state index contributed by atoms with van der Waals surface area (Å²) in [6.07, 6.45) is -0.161. The fourth-order valence-electron chi connectivity index (χ4n) is 3.06. The third kappa shape index (κ3) is 5.18. The number of hydrogen-bond donors (Lipinski definition) is 2. The molecular weight excluding hydrogens is 416 g/mol. The van der Waals surface area contributed by atoms with Crippen molar-refractivity contribution in [3.05, 3.63) is 48.2 Å². The lowest BCUT2D eigenvalue weighted by Gasteiger charge is -2.11. The molecule has 0 aliphatic heterocycles. The highest BCUT2D eigenvalue weighted by atomic mass is 16.5. The van der Waals surface area contributed by atoms with Crippen molar-refractivity contribution in [1.82, 2.24) is 0 Å². The molecule has 2 N–H and O–H groups in total. The van der Waals surface area contributed by atoms with E-state index in [9.17, 15) is 14.4 Å². The first-order chi connectivity index (χ1) is 15.5. The number of benzene rings is 2. The van der Waals surface area contributed by atoms with Crippen LogP contribution < -0.4 is 20.1 Å². The molecule has 2 amide bonds. The largest absolute Gasteiger partial charge is 0.497 e. The number of furan rings is 1. The van der Waals surface area contributed by atoms with E-state index in [0.29, 0.717) is 28.2 Å². The number of para-hydroxylation sites is 1. The van der Waals surface area contributed by atoms with Gasteiger partial charge in [-0.15, -0.1) is 0 Å². The molecule has 3 rings (SSSR count). The fraction of sp³-hybridized carbons (Fsp3) is 0.261. The van der Waals surface area contributed by atoms with Gasteiger partial charge in [0, 0.05) is 17.9 Å². The van der Waals surface area contributed by atoms with Gasteiger partial charge in [-0.1, -0.05) is 12.1 Å². The third-order valence-electron chi connectivity index (χ3n) is 4.58. The standard InChI is InChI=1S/C23H24N2O7/c1-4-31-20(27)12-11-19(26)25-21-15-7-5-6-8-17(15)32-22(21)23(28)24-16-10-9-14(29-2)13-18(16)30-3/h5-10,13H,4,11-12H2,1-3H3,(H,24,28)(H,25,26). The molecule has 0 saturated carbocycles. The molecule has 0 unspecified atom stereocenters. The first kappa shape index (κ1) is 22.7. The number of rotatable bonds is 9. The maximum absolute atomic E-state index is 13.0. The fourth-order valence-corrected chi connectivity index (χ4v) is 3.06. The Hall–Kier alpha value is -4.01. The second-order valence-corrected chi connectivity index (χ2v) is 6.68. The minimum Gasteiger partial charge on any atom is -0.497 e. The predicted molar refractivity (Wildman–Crippen MR) is 118 cm³/mol. The Bertz CT molecular complexity index is 1140. The summed E-state index contributed by atoms with van der Waals surface area (Å²) in [6.45, 7) is 1.93. The lowest BCUT2D eigenvalue weighted by Crippen LogP contribution is -2.18. The van der Waals surface area contributed by atoms with Gasteiger partial charge in [-0.2, -0.15) is 0 Å². The summed E-state index contributed by atoms with van der Waals surface area (Å²) in [4.78, 5) is 37.0. The molecule has 0 aliphatic rings. The quantitative estimate of drug-likeness (QED) is 0.483. The van der Waals surface area contributed by atoms with Crippen molar-refractivity contribution in [2.24, 2.45) is 0 Å². The molecule has 0 bridgehead atoms. The number of amides is 2. The molecule has 0 fully saturated rings. The number of fused-ring (bicyclic) bond motifs is 1. The average Bonchev–Trinajstić information content (AvgIpc) is 3.16. The molecule has 3 aromatic rings. The van der Waals surface area contributed by atoms with Crippen LogP contribution in [0.1, 0.15) is 30.3 Å². The van der Waals surface area contributed by atoms with Crippen molar-refractivity contribution in [2.45, 2.75) is 19.8 Å². The predicted octanol–water partition coefficient (Wildman–Crippen LogP) is 3.98. The normalized spacial score (nSPS) is 10.5. The Balaban J connectivity index is 1.86. The van der Waals surface area contributed by atoms with Crippen LogP contribution >= 0.6 is 0 Å². The highest BCUT2D eigenvalue weighted by Gasteiger charge is 2.23. The topological polar surface area (TPSA) is 116 Å². The van der Waals surface area contributed by atoms with E-state index in [1.54, 1.807) is 49.4 Å². The highest BCUT2D eigenvalue weighted by Crippen LogP contribution is 2.34. The molecule has 0 aliphatic carbocycles.